The Hall–Kier alpha value is -2.99. The van der Waals surface area contributed by atoms with E-state index >= 15 is 0 Å². The molecule has 8 heteroatoms. The number of aliphatic hydroxyl groups is 1. The Morgan fingerprint density at radius 2 is 1.90 bits per heavy atom. The highest BCUT2D eigenvalue weighted by Gasteiger charge is 2.24. The molecule has 4 rings (SSSR count). The summed E-state index contributed by atoms with van der Waals surface area (Å²) < 4.78 is 0. The molecular formula is C22H21N5OS2. The van der Waals surface area contributed by atoms with Gasteiger partial charge in [-0.3, -0.25) is 0 Å². The molecule has 0 spiro atoms. The van der Waals surface area contributed by atoms with E-state index in [1.54, 1.807) is 19.4 Å². The van der Waals surface area contributed by atoms with Gasteiger partial charge in [0.15, 0.2) is 11.4 Å². The number of nitrogens with zero attached hydrogens (tertiary/aromatic N) is 4. The second-order valence-corrected chi connectivity index (χ2v) is 7.74. The highest BCUT2D eigenvalue weighted by atomic mass is 32.1. The maximum Gasteiger partial charge on any atom is 0.159 e. The molecule has 6 nitrogen and oxygen atoms in total. The third kappa shape index (κ3) is 4.28. The number of nitrogens with two attached hydrogens (primary N) is 1. The van der Waals surface area contributed by atoms with E-state index in [0.29, 0.717) is 22.7 Å². The highest BCUT2D eigenvalue weighted by molar-refractivity contribution is 7.59. The predicted molar refractivity (Wildman–Crippen MR) is 126 cm³/mol. The van der Waals surface area contributed by atoms with Gasteiger partial charge in [-0.05, 0) is 45.0 Å². The molecule has 1 aromatic carbocycles. The van der Waals surface area contributed by atoms with Gasteiger partial charge in [-0.2, -0.15) is 13.5 Å². The Balaban J connectivity index is 0.00000256. The quantitative estimate of drug-likeness (QED) is 0.466. The third-order valence-corrected chi connectivity index (χ3v) is 5.62. The van der Waals surface area contributed by atoms with Crippen molar-refractivity contribution >= 4 is 41.7 Å². The van der Waals surface area contributed by atoms with Gasteiger partial charge in [-0.1, -0.05) is 24.0 Å². The Bertz CT molecular complexity index is 1290. The van der Waals surface area contributed by atoms with Crippen molar-refractivity contribution in [1.29, 1.82) is 0 Å². The van der Waals surface area contributed by atoms with E-state index in [1.807, 2.05) is 43.3 Å². The first-order valence-electron chi connectivity index (χ1n) is 9.01. The molecule has 0 saturated carbocycles. The summed E-state index contributed by atoms with van der Waals surface area (Å²) in [7, 11) is 0. The first-order valence-corrected chi connectivity index (χ1v) is 9.89. The molecule has 0 aliphatic carbocycles. The van der Waals surface area contributed by atoms with Crippen LogP contribution in [0.1, 0.15) is 28.9 Å². The second kappa shape index (κ2) is 8.40. The largest absolute Gasteiger partial charge is 0.382 e. The summed E-state index contributed by atoms with van der Waals surface area (Å²) in [5.74, 6) is 7.00. The standard InChI is InChI=1S/C22H19N5OS.H2S/c1-13-20(29-12-24-13)22(3,28)10-9-15-5-4-6-16(11-15)17-7-8-18-19(27-17)21(23)26-14(2)25-18;/h4-8,11-12,28H,1-3H3,(H2,23,25,26);1H2/t22-;/m0./s1. The van der Waals surface area contributed by atoms with Crippen LogP contribution in [0.15, 0.2) is 41.9 Å². The highest BCUT2D eigenvalue weighted by Crippen LogP contribution is 2.27. The maximum absolute atomic E-state index is 10.7. The average molecular weight is 436 g/mol. The van der Waals surface area contributed by atoms with Gasteiger partial charge >= 0.3 is 0 Å². The van der Waals surface area contributed by atoms with Crippen LogP contribution in [0.2, 0.25) is 0 Å². The van der Waals surface area contributed by atoms with Gasteiger partial charge in [-0.25, -0.2) is 19.9 Å². The third-order valence-electron chi connectivity index (χ3n) is 4.48. The van der Waals surface area contributed by atoms with Crippen LogP contribution >= 0.6 is 24.8 Å². The van der Waals surface area contributed by atoms with Crippen molar-refractivity contribution in [3.8, 4) is 23.1 Å². The van der Waals surface area contributed by atoms with Crippen LogP contribution in [0.3, 0.4) is 0 Å². The fourth-order valence-electron chi connectivity index (χ4n) is 3.09. The number of hydrogen-bond acceptors (Lipinski definition) is 7. The second-order valence-electron chi connectivity index (χ2n) is 6.89. The number of fused-ring (bicyclic) bond motifs is 1. The fourth-order valence-corrected chi connectivity index (χ4v) is 3.91. The monoisotopic (exact) mass is 435 g/mol. The molecule has 3 N–H and O–H groups in total. The van der Waals surface area contributed by atoms with Crippen molar-refractivity contribution in [2.45, 2.75) is 26.4 Å². The lowest BCUT2D eigenvalue weighted by atomic mass is 10.0. The molecule has 0 fully saturated rings. The number of thiazole rings is 1. The number of aromatic nitrogens is 4. The zero-order valence-corrected chi connectivity index (χ0v) is 18.6. The molecule has 0 amide bonds. The number of nitrogen functional groups attached to an aromatic ring is 1. The van der Waals surface area contributed by atoms with Crippen molar-refractivity contribution in [1.82, 2.24) is 19.9 Å². The van der Waals surface area contributed by atoms with Crippen molar-refractivity contribution in [2.24, 2.45) is 0 Å². The van der Waals surface area contributed by atoms with Gasteiger partial charge in [0.2, 0.25) is 0 Å². The molecule has 152 valence electrons. The number of anilines is 1. The molecule has 3 aromatic heterocycles. The molecule has 0 unspecified atom stereocenters. The Morgan fingerprint density at radius 3 is 2.63 bits per heavy atom. The minimum absolute atomic E-state index is 0. The molecule has 0 aliphatic rings. The van der Waals surface area contributed by atoms with E-state index in [1.165, 1.54) is 11.3 Å². The van der Waals surface area contributed by atoms with Gasteiger partial charge < -0.3 is 10.8 Å². The topological polar surface area (TPSA) is 97.8 Å². The van der Waals surface area contributed by atoms with Crippen LogP contribution in [0.5, 0.6) is 0 Å². The zero-order valence-electron chi connectivity index (χ0n) is 16.8. The minimum Gasteiger partial charge on any atom is -0.382 e. The average Bonchev–Trinajstić information content (AvgIpc) is 3.13. The number of aryl methyl sites for hydroxylation is 2. The van der Waals surface area contributed by atoms with Crippen LogP contribution in [0.4, 0.5) is 5.82 Å². The van der Waals surface area contributed by atoms with E-state index in [-0.39, 0.29) is 13.5 Å². The van der Waals surface area contributed by atoms with Crippen molar-refractivity contribution in [3.05, 3.63) is 63.9 Å². The van der Waals surface area contributed by atoms with E-state index in [2.05, 4.69) is 31.8 Å². The Labute approximate surface area is 185 Å². The summed E-state index contributed by atoms with van der Waals surface area (Å²) in [6, 6.07) is 11.5. The van der Waals surface area contributed by atoms with Gasteiger partial charge in [0, 0.05) is 11.1 Å². The predicted octanol–water partition coefficient (Wildman–Crippen LogP) is 3.72. The number of pyridine rings is 1. The summed E-state index contributed by atoms with van der Waals surface area (Å²) in [5.41, 5.74) is 11.0. The van der Waals surface area contributed by atoms with Gasteiger partial charge in [-0.15, -0.1) is 11.3 Å². The molecule has 0 bridgehead atoms. The number of benzene rings is 1. The van der Waals surface area contributed by atoms with Crippen LogP contribution in [0, 0.1) is 25.7 Å². The normalized spacial score (nSPS) is 12.5. The smallest absolute Gasteiger partial charge is 0.159 e. The van der Waals surface area contributed by atoms with Crippen molar-refractivity contribution < 1.29 is 5.11 Å². The van der Waals surface area contributed by atoms with Crippen LogP contribution in [0.25, 0.3) is 22.3 Å². The first kappa shape index (κ1) is 21.7. The Kier molecular flexibility index (Phi) is 6.08. The number of hydrogen-bond donors (Lipinski definition) is 2. The molecule has 3 heterocycles. The SMILES string of the molecule is Cc1nc(N)c2nc(-c3cccc(C#C[C@](C)(O)c4scnc4C)c3)ccc2n1.S. The molecule has 0 radical (unpaired) electrons. The number of rotatable bonds is 2. The molecule has 30 heavy (non-hydrogen) atoms. The summed E-state index contributed by atoms with van der Waals surface area (Å²) >= 11 is 1.40. The molecule has 0 saturated heterocycles. The van der Waals surface area contributed by atoms with Gasteiger partial charge in [0.25, 0.3) is 0 Å². The lowest BCUT2D eigenvalue weighted by Crippen LogP contribution is -2.18. The summed E-state index contributed by atoms with van der Waals surface area (Å²) in [5, 5.41) is 10.7. The van der Waals surface area contributed by atoms with Gasteiger partial charge in [0.05, 0.1) is 27.3 Å². The molecular weight excluding hydrogens is 414 g/mol. The molecule has 0 aliphatic heterocycles. The molecule has 4 aromatic rings. The lowest BCUT2D eigenvalue weighted by Gasteiger charge is -2.14. The minimum atomic E-state index is -1.26. The van der Waals surface area contributed by atoms with Crippen LogP contribution < -0.4 is 5.73 Å². The van der Waals surface area contributed by atoms with E-state index in [0.717, 1.165) is 27.4 Å². The van der Waals surface area contributed by atoms with Crippen molar-refractivity contribution in [3.63, 3.8) is 0 Å². The van der Waals surface area contributed by atoms with E-state index < -0.39 is 5.60 Å². The maximum atomic E-state index is 10.7. The lowest BCUT2D eigenvalue weighted by molar-refractivity contribution is 0.125. The zero-order chi connectivity index (χ0) is 20.6. The van der Waals surface area contributed by atoms with E-state index in [9.17, 15) is 5.11 Å². The van der Waals surface area contributed by atoms with E-state index in [4.69, 9.17) is 5.73 Å². The van der Waals surface area contributed by atoms with Gasteiger partial charge in [0.1, 0.15) is 11.3 Å². The molecule has 1 atom stereocenters. The summed E-state index contributed by atoms with van der Waals surface area (Å²) in [6.07, 6.45) is 0. The fraction of sp³-hybridized carbons (Fsp3) is 0.182. The van der Waals surface area contributed by atoms with Crippen LogP contribution in [-0.4, -0.2) is 25.0 Å². The first-order chi connectivity index (χ1) is 13.8. The Morgan fingerprint density at radius 1 is 1.10 bits per heavy atom. The van der Waals surface area contributed by atoms with Crippen LogP contribution in [-0.2, 0) is 5.60 Å². The van der Waals surface area contributed by atoms with Crippen molar-refractivity contribution in [2.75, 3.05) is 5.73 Å². The summed E-state index contributed by atoms with van der Waals surface area (Å²) in [6.45, 7) is 5.35. The summed E-state index contributed by atoms with van der Waals surface area (Å²) in [4.78, 5) is 18.1.